The second-order valence-corrected chi connectivity index (χ2v) is 7.66. The Morgan fingerprint density at radius 1 is 1.23 bits per heavy atom. The van der Waals surface area contributed by atoms with Gasteiger partial charge in [0, 0.05) is 10.5 Å². The number of H-pyrrole nitrogens is 1. The molecular weight excluding hydrogens is 392 g/mol. The van der Waals surface area contributed by atoms with Gasteiger partial charge in [0.15, 0.2) is 6.54 Å². The number of piperazine rings is 1. The molecule has 1 amide bonds. The van der Waals surface area contributed by atoms with Crippen molar-refractivity contribution in [2.24, 2.45) is 0 Å². The normalized spacial score (nSPS) is 16.3. The minimum atomic E-state index is 0.0789. The van der Waals surface area contributed by atoms with Crippen molar-refractivity contribution in [3.63, 3.8) is 0 Å². The summed E-state index contributed by atoms with van der Waals surface area (Å²) >= 11 is 3.46. The number of carbonyl (C=O) groups is 1. The molecule has 1 aliphatic rings. The number of anilines is 1. The van der Waals surface area contributed by atoms with Crippen LogP contribution in [0.5, 0.6) is 0 Å². The average molecular weight is 419 g/mol. The number of hydrogen-bond acceptors (Lipinski definition) is 2. The van der Waals surface area contributed by atoms with E-state index in [4.69, 9.17) is 0 Å². The molecule has 1 atom stereocenters. The van der Waals surface area contributed by atoms with Crippen LogP contribution in [0.1, 0.15) is 24.9 Å². The molecule has 1 aromatic heterocycles. The van der Waals surface area contributed by atoms with Gasteiger partial charge in [-0.1, -0.05) is 41.1 Å². The summed E-state index contributed by atoms with van der Waals surface area (Å²) in [4.78, 5) is 19.5. The fraction of sp³-hybridized carbons (Fsp3) is 0.400. The van der Waals surface area contributed by atoms with Crippen LogP contribution in [0.15, 0.2) is 53.1 Å². The second-order valence-electron chi connectivity index (χ2n) is 6.74. The Balaban J connectivity index is 1.48. The maximum absolute atomic E-state index is 12.5. The summed E-state index contributed by atoms with van der Waals surface area (Å²) in [6, 6.07) is 14.4. The van der Waals surface area contributed by atoms with E-state index >= 15 is 0 Å². The number of pyridine rings is 1. The van der Waals surface area contributed by atoms with Crippen LogP contribution in [-0.2, 0) is 4.79 Å². The molecule has 0 radical (unpaired) electrons. The Bertz CT molecular complexity index is 700. The van der Waals surface area contributed by atoms with E-state index in [1.807, 2.05) is 30.5 Å². The highest BCUT2D eigenvalue weighted by atomic mass is 79.9. The lowest BCUT2D eigenvalue weighted by Gasteiger charge is -2.28. The monoisotopic (exact) mass is 418 g/mol. The lowest BCUT2D eigenvalue weighted by Crippen LogP contribution is -3.16. The van der Waals surface area contributed by atoms with Gasteiger partial charge in [-0.2, -0.15) is 0 Å². The van der Waals surface area contributed by atoms with Crippen molar-refractivity contribution in [2.75, 3.05) is 37.6 Å². The molecule has 138 valence electrons. The van der Waals surface area contributed by atoms with Crippen LogP contribution >= 0.6 is 15.9 Å². The van der Waals surface area contributed by atoms with Gasteiger partial charge in [-0.25, -0.2) is 4.98 Å². The standard InChI is InChI=1S/C20H25BrN4O/c1-2-18(16-6-8-17(21)9-7-16)23-20(26)15-24-11-13-25(14-12-24)19-5-3-4-10-22-19/h3-10,18H,2,11-15H2,1H3,(H,23,26)/p+2/t18-/m1/s1. The van der Waals surface area contributed by atoms with Gasteiger partial charge in [0.1, 0.15) is 26.2 Å². The SMILES string of the molecule is CC[C@@H](NC(=O)C[NH+]1CCN(c2cccc[nH+]2)CC1)c1ccc(Br)cc1. The van der Waals surface area contributed by atoms with Crippen molar-refractivity contribution < 1.29 is 14.7 Å². The van der Waals surface area contributed by atoms with Crippen molar-refractivity contribution >= 4 is 27.7 Å². The van der Waals surface area contributed by atoms with Crippen LogP contribution in [0.4, 0.5) is 5.82 Å². The van der Waals surface area contributed by atoms with Gasteiger partial charge < -0.3 is 10.2 Å². The van der Waals surface area contributed by atoms with E-state index in [-0.39, 0.29) is 11.9 Å². The number of rotatable bonds is 6. The first-order chi connectivity index (χ1) is 12.7. The van der Waals surface area contributed by atoms with Crippen LogP contribution in [0, 0.1) is 0 Å². The largest absolute Gasteiger partial charge is 0.344 e. The smallest absolute Gasteiger partial charge is 0.275 e. The van der Waals surface area contributed by atoms with E-state index in [1.54, 1.807) is 0 Å². The first-order valence-electron chi connectivity index (χ1n) is 9.25. The number of aromatic nitrogens is 1. The molecule has 2 heterocycles. The minimum absolute atomic E-state index is 0.0789. The van der Waals surface area contributed by atoms with E-state index in [9.17, 15) is 4.79 Å². The highest BCUT2D eigenvalue weighted by Crippen LogP contribution is 2.19. The lowest BCUT2D eigenvalue weighted by atomic mass is 10.0. The maximum atomic E-state index is 12.5. The lowest BCUT2D eigenvalue weighted by molar-refractivity contribution is -0.892. The molecule has 0 unspecified atom stereocenters. The second kappa shape index (κ2) is 9.14. The summed E-state index contributed by atoms with van der Waals surface area (Å²) in [7, 11) is 0. The third-order valence-corrected chi connectivity index (χ3v) is 5.46. The van der Waals surface area contributed by atoms with E-state index in [0.717, 1.165) is 48.5 Å². The van der Waals surface area contributed by atoms with Crippen molar-refractivity contribution in [2.45, 2.75) is 19.4 Å². The maximum Gasteiger partial charge on any atom is 0.275 e. The molecule has 0 spiro atoms. The highest BCUT2D eigenvalue weighted by molar-refractivity contribution is 9.10. The minimum Gasteiger partial charge on any atom is -0.344 e. The third-order valence-electron chi connectivity index (χ3n) is 4.93. The predicted octanol–water partition coefficient (Wildman–Crippen LogP) is 1.24. The molecule has 0 saturated carbocycles. The van der Waals surface area contributed by atoms with Crippen LogP contribution in [0.2, 0.25) is 0 Å². The third kappa shape index (κ3) is 5.05. The van der Waals surface area contributed by atoms with E-state index < -0.39 is 0 Å². The van der Waals surface area contributed by atoms with Gasteiger partial charge in [0.25, 0.3) is 11.7 Å². The van der Waals surface area contributed by atoms with Crippen molar-refractivity contribution in [3.8, 4) is 0 Å². The van der Waals surface area contributed by atoms with Crippen LogP contribution < -0.4 is 20.1 Å². The molecule has 0 aliphatic carbocycles. The van der Waals surface area contributed by atoms with Crippen LogP contribution in [0.3, 0.4) is 0 Å². The molecule has 3 N–H and O–H groups in total. The molecule has 1 aliphatic heterocycles. The van der Waals surface area contributed by atoms with Gasteiger partial charge in [0.2, 0.25) is 0 Å². The summed E-state index contributed by atoms with van der Waals surface area (Å²) in [5.74, 6) is 1.28. The Hall–Kier alpha value is -1.92. The molecule has 2 aromatic rings. The summed E-state index contributed by atoms with van der Waals surface area (Å²) in [5.41, 5.74) is 1.16. The Labute approximate surface area is 163 Å². The molecule has 6 heteroatoms. The fourth-order valence-electron chi connectivity index (χ4n) is 3.41. The molecule has 1 fully saturated rings. The molecule has 5 nitrogen and oxygen atoms in total. The summed E-state index contributed by atoms with van der Waals surface area (Å²) < 4.78 is 1.06. The average Bonchev–Trinajstić information content (AvgIpc) is 2.68. The number of carbonyl (C=O) groups excluding carboxylic acids is 1. The number of benzene rings is 1. The predicted molar refractivity (Wildman–Crippen MR) is 106 cm³/mol. The Morgan fingerprint density at radius 2 is 1.96 bits per heavy atom. The van der Waals surface area contributed by atoms with Gasteiger partial charge >= 0.3 is 0 Å². The van der Waals surface area contributed by atoms with Crippen molar-refractivity contribution in [1.29, 1.82) is 0 Å². The van der Waals surface area contributed by atoms with Gasteiger partial charge in [-0.05, 0) is 30.2 Å². The van der Waals surface area contributed by atoms with Gasteiger partial charge in [-0.3, -0.25) is 9.69 Å². The van der Waals surface area contributed by atoms with E-state index in [0.29, 0.717) is 6.54 Å². The van der Waals surface area contributed by atoms with Crippen molar-refractivity contribution in [1.82, 2.24) is 5.32 Å². The number of halogens is 1. The molecular formula is C20H27BrN4O+2. The van der Waals surface area contributed by atoms with Gasteiger partial charge in [0.05, 0.1) is 12.2 Å². The van der Waals surface area contributed by atoms with Crippen LogP contribution in [0.25, 0.3) is 0 Å². The molecule has 26 heavy (non-hydrogen) atoms. The number of aromatic amines is 1. The Kier molecular flexibility index (Phi) is 6.63. The molecule has 1 aromatic carbocycles. The first kappa shape index (κ1) is 18.9. The number of nitrogens with zero attached hydrogens (tertiary/aromatic N) is 1. The molecule has 3 rings (SSSR count). The number of nitrogens with one attached hydrogen (secondary N) is 3. The molecule has 1 saturated heterocycles. The zero-order chi connectivity index (χ0) is 18.4. The zero-order valence-corrected chi connectivity index (χ0v) is 16.8. The number of hydrogen-bond donors (Lipinski definition) is 2. The number of amides is 1. The number of quaternary nitrogens is 1. The fourth-order valence-corrected chi connectivity index (χ4v) is 3.67. The van der Waals surface area contributed by atoms with E-state index in [2.05, 4.69) is 56.3 Å². The summed E-state index contributed by atoms with van der Waals surface area (Å²) in [5, 5.41) is 3.20. The van der Waals surface area contributed by atoms with Crippen LogP contribution in [-0.4, -0.2) is 38.6 Å². The first-order valence-corrected chi connectivity index (χ1v) is 10.0. The molecule has 0 bridgehead atoms. The summed E-state index contributed by atoms with van der Waals surface area (Å²) in [6.45, 7) is 6.53. The van der Waals surface area contributed by atoms with E-state index in [1.165, 1.54) is 4.90 Å². The highest BCUT2D eigenvalue weighted by Gasteiger charge is 2.27. The van der Waals surface area contributed by atoms with Crippen molar-refractivity contribution in [3.05, 3.63) is 58.7 Å². The quantitative estimate of drug-likeness (QED) is 0.741. The topological polar surface area (TPSA) is 50.9 Å². The zero-order valence-electron chi connectivity index (χ0n) is 15.2. The van der Waals surface area contributed by atoms with Gasteiger partial charge in [-0.15, -0.1) is 0 Å². The summed E-state index contributed by atoms with van der Waals surface area (Å²) in [6.07, 6.45) is 2.84. The Morgan fingerprint density at radius 3 is 2.58 bits per heavy atom.